The number of rotatable bonds is 6. The third-order valence-corrected chi connectivity index (χ3v) is 5.38. The molecule has 3 heterocycles. The first kappa shape index (κ1) is 18.5. The molecule has 0 radical (unpaired) electrons. The topological polar surface area (TPSA) is 56.2 Å². The van der Waals surface area contributed by atoms with Crippen molar-refractivity contribution in [3.63, 3.8) is 0 Å². The van der Waals surface area contributed by atoms with Crippen molar-refractivity contribution >= 4 is 18.2 Å². The number of allylic oxidation sites excluding steroid dienone is 1. The first-order valence-electron chi connectivity index (χ1n) is 9.46. The van der Waals surface area contributed by atoms with Crippen LogP contribution >= 0.6 is 12.2 Å². The minimum atomic E-state index is 0.650. The van der Waals surface area contributed by atoms with Crippen LogP contribution in [0, 0.1) is 4.77 Å². The second-order valence-corrected chi connectivity index (χ2v) is 7.18. The van der Waals surface area contributed by atoms with Gasteiger partial charge in [0.25, 0.3) is 0 Å². The van der Waals surface area contributed by atoms with Crippen LogP contribution in [0.2, 0.25) is 0 Å². The zero-order valence-corrected chi connectivity index (χ0v) is 16.6. The van der Waals surface area contributed by atoms with Gasteiger partial charge in [-0.2, -0.15) is 4.68 Å². The molecule has 1 aliphatic heterocycles. The van der Waals surface area contributed by atoms with Gasteiger partial charge in [0.1, 0.15) is 0 Å². The smallest absolute Gasteiger partial charge is 0.225 e. The quantitative estimate of drug-likeness (QED) is 0.506. The van der Waals surface area contributed by atoms with E-state index < -0.39 is 0 Å². The molecule has 0 saturated carbocycles. The van der Waals surface area contributed by atoms with Crippen LogP contribution in [0.15, 0.2) is 61.4 Å². The number of benzene rings is 1. The molecule has 3 aromatic rings. The molecule has 144 valence electrons. The van der Waals surface area contributed by atoms with E-state index in [-0.39, 0.29) is 0 Å². The van der Waals surface area contributed by atoms with Crippen molar-refractivity contribution in [1.82, 2.24) is 24.3 Å². The monoisotopic (exact) mass is 394 g/mol. The summed E-state index contributed by atoms with van der Waals surface area (Å²) in [5.41, 5.74) is 1.07. The Bertz CT molecular complexity index is 973. The number of piperazine rings is 1. The molecule has 0 atom stereocenters. The molecule has 7 nitrogen and oxygen atoms in total. The van der Waals surface area contributed by atoms with Gasteiger partial charge >= 0.3 is 0 Å². The Hall–Kier alpha value is -2.84. The molecular weight excluding hydrogens is 370 g/mol. The predicted octanol–water partition coefficient (Wildman–Crippen LogP) is 1.42. The summed E-state index contributed by atoms with van der Waals surface area (Å²) in [5.74, 6) is 1.70. The maximum absolute atomic E-state index is 5.72. The first-order valence-corrected chi connectivity index (χ1v) is 9.86. The van der Waals surface area contributed by atoms with E-state index in [1.165, 1.54) is 4.90 Å². The van der Waals surface area contributed by atoms with Gasteiger partial charge in [-0.25, -0.2) is 9.97 Å². The van der Waals surface area contributed by atoms with E-state index in [0.717, 1.165) is 55.0 Å². The fourth-order valence-electron chi connectivity index (χ4n) is 3.49. The van der Waals surface area contributed by atoms with E-state index >= 15 is 0 Å². The van der Waals surface area contributed by atoms with Gasteiger partial charge in [0.15, 0.2) is 12.5 Å². The summed E-state index contributed by atoms with van der Waals surface area (Å²) in [6.45, 7) is 9.11. The van der Waals surface area contributed by atoms with Gasteiger partial charge in [-0.15, -0.1) is 11.7 Å². The second kappa shape index (κ2) is 8.45. The molecule has 1 aliphatic rings. The van der Waals surface area contributed by atoms with Crippen molar-refractivity contribution in [3.05, 3.63) is 66.2 Å². The minimum Gasteiger partial charge on any atom is -0.330 e. The Morgan fingerprint density at radius 3 is 2.46 bits per heavy atom. The number of nitrogens with zero attached hydrogens (tertiary/aromatic N) is 6. The van der Waals surface area contributed by atoms with Gasteiger partial charge < -0.3 is 9.80 Å². The molecular formula is C20H24N7S+. The van der Waals surface area contributed by atoms with Gasteiger partial charge in [-0.05, 0) is 18.3 Å². The van der Waals surface area contributed by atoms with E-state index in [1.807, 2.05) is 39.6 Å². The lowest BCUT2D eigenvalue weighted by Crippen LogP contribution is -3.14. The zero-order chi connectivity index (χ0) is 19.3. The molecule has 0 unspecified atom stereocenters. The van der Waals surface area contributed by atoms with Crippen molar-refractivity contribution in [3.8, 4) is 11.4 Å². The fraction of sp³-hybridized carbons (Fsp3) is 0.300. The largest absolute Gasteiger partial charge is 0.330 e. The van der Waals surface area contributed by atoms with Crippen LogP contribution < -0.4 is 9.80 Å². The van der Waals surface area contributed by atoms with Gasteiger partial charge in [0.2, 0.25) is 10.7 Å². The van der Waals surface area contributed by atoms with E-state index in [2.05, 4.69) is 33.6 Å². The van der Waals surface area contributed by atoms with Gasteiger partial charge in [-0.1, -0.05) is 36.4 Å². The molecule has 1 saturated heterocycles. The third kappa shape index (κ3) is 3.88. The predicted molar refractivity (Wildman–Crippen MR) is 112 cm³/mol. The Kier molecular flexibility index (Phi) is 5.59. The van der Waals surface area contributed by atoms with Crippen molar-refractivity contribution < 1.29 is 4.90 Å². The van der Waals surface area contributed by atoms with Crippen LogP contribution in [0.4, 0.5) is 5.95 Å². The Balaban J connectivity index is 1.50. The van der Waals surface area contributed by atoms with Crippen LogP contribution in [-0.4, -0.2) is 50.5 Å². The van der Waals surface area contributed by atoms with Crippen molar-refractivity contribution in [2.24, 2.45) is 0 Å². The van der Waals surface area contributed by atoms with Crippen molar-refractivity contribution in [2.75, 3.05) is 31.1 Å². The molecule has 0 spiro atoms. The van der Waals surface area contributed by atoms with Crippen molar-refractivity contribution in [1.29, 1.82) is 0 Å². The number of nitrogens with one attached hydrogen (secondary N) is 1. The highest BCUT2D eigenvalue weighted by Gasteiger charge is 2.23. The molecule has 8 heteroatoms. The molecule has 1 fully saturated rings. The second-order valence-electron chi connectivity index (χ2n) is 6.81. The number of hydrogen-bond donors (Lipinski definition) is 1. The van der Waals surface area contributed by atoms with E-state index in [4.69, 9.17) is 17.3 Å². The summed E-state index contributed by atoms with van der Waals surface area (Å²) in [5, 5.41) is 4.84. The average molecular weight is 395 g/mol. The van der Waals surface area contributed by atoms with Crippen LogP contribution in [0.25, 0.3) is 11.4 Å². The highest BCUT2D eigenvalue weighted by molar-refractivity contribution is 7.71. The fourth-order valence-corrected chi connectivity index (χ4v) is 3.75. The van der Waals surface area contributed by atoms with Crippen molar-refractivity contribution in [2.45, 2.75) is 13.2 Å². The summed E-state index contributed by atoms with van der Waals surface area (Å²) < 4.78 is 4.73. The van der Waals surface area contributed by atoms with Gasteiger partial charge in [0.05, 0.1) is 26.2 Å². The Labute approximate surface area is 169 Å². The summed E-state index contributed by atoms with van der Waals surface area (Å²) in [7, 11) is 0. The van der Waals surface area contributed by atoms with E-state index in [9.17, 15) is 0 Å². The zero-order valence-electron chi connectivity index (χ0n) is 15.7. The molecule has 28 heavy (non-hydrogen) atoms. The van der Waals surface area contributed by atoms with Crippen LogP contribution in [-0.2, 0) is 13.2 Å². The number of anilines is 1. The number of hydrogen-bond acceptors (Lipinski definition) is 5. The normalized spacial score (nSPS) is 14.9. The van der Waals surface area contributed by atoms with Crippen LogP contribution in [0.3, 0.4) is 0 Å². The molecule has 0 amide bonds. The molecule has 0 aliphatic carbocycles. The maximum Gasteiger partial charge on any atom is 0.225 e. The van der Waals surface area contributed by atoms with Gasteiger partial charge in [0, 0.05) is 24.5 Å². The summed E-state index contributed by atoms with van der Waals surface area (Å²) in [6, 6.07) is 12.0. The molecule has 1 aromatic carbocycles. The molecule has 1 N–H and O–H groups in total. The first-order chi connectivity index (χ1) is 13.8. The van der Waals surface area contributed by atoms with Gasteiger partial charge in [-0.3, -0.25) is 4.57 Å². The SMILES string of the molecule is C=CCn1c(-c2ccccc2)nn(C[NH+]2CCN(c3ncccn3)CC2)c1=S. The molecule has 4 rings (SSSR count). The minimum absolute atomic E-state index is 0.650. The standard InChI is InChI=1S/C20H23N7S/c1-2-11-26-18(17-7-4-3-5-8-17)23-27(20(26)28)16-24-12-14-25(15-13-24)19-21-9-6-10-22-19/h2-10H,1,11-16H2/p+1. The molecule has 2 aromatic heterocycles. The average Bonchev–Trinajstić information content (AvgIpc) is 3.06. The Morgan fingerprint density at radius 1 is 1.07 bits per heavy atom. The van der Waals surface area contributed by atoms with E-state index in [0.29, 0.717) is 6.54 Å². The lowest BCUT2D eigenvalue weighted by Gasteiger charge is -2.31. The van der Waals surface area contributed by atoms with E-state index in [1.54, 1.807) is 12.4 Å². The molecule has 0 bridgehead atoms. The third-order valence-electron chi connectivity index (χ3n) is 4.95. The van der Waals surface area contributed by atoms with Crippen LogP contribution in [0.1, 0.15) is 0 Å². The lowest BCUT2D eigenvalue weighted by molar-refractivity contribution is -0.924. The highest BCUT2D eigenvalue weighted by atomic mass is 32.1. The summed E-state index contributed by atoms with van der Waals surface area (Å²) in [4.78, 5) is 12.4. The highest BCUT2D eigenvalue weighted by Crippen LogP contribution is 2.17. The van der Waals surface area contributed by atoms with Crippen LogP contribution in [0.5, 0.6) is 0 Å². The summed E-state index contributed by atoms with van der Waals surface area (Å²) in [6.07, 6.45) is 5.44. The lowest BCUT2D eigenvalue weighted by atomic mass is 10.2. The maximum atomic E-state index is 5.72. The number of quaternary nitrogens is 1. The number of aromatic nitrogens is 5. The Morgan fingerprint density at radius 2 is 1.79 bits per heavy atom. The summed E-state index contributed by atoms with van der Waals surface area (Å²) >= 11 is 5.72.